The lowest BCUT2D eigenvalue weighted by Gasteiger charge is -2.18. The van der Waals surface area contributed by atoms with Crippen molar-refractivity contribution in [3.63, 3.8) is 0 Å². The maximum atomic E-state index is 12.5. The minimum absolute atomic E-state index is 0. The van der Waals surface area contributed by atoms with Gasteiger partial charge in [-0.1, -0.05) is 47.6 Å². The highest BCUT2D eigenvalue weighted by atomic mass is 35.5. The highest BCUT2D eigenvalue weighted by Gasteiger charge is 2.21. The molecule has 1 atom stereocenters. The summed E-state index contributed by atoms with van der Waals surface area (Å²) in [6, 6.07) is 19.0. The van der Waals surface area contributed by atoms with Crippen LogP contribution in [-0.4, -0.2) is 35.0 Å². The molecule has 2 heterocycles. The number of halogens is 1. The second-order valence-electron chi connectivity index (χ2n) is 7.14. The van der Waals surface area contributed by atoms with Crippen molar-refractivity contribution in [1.29, 1.82) is 0 Å². The zero-order chi connectivity index (χ0) is 20.4. The Morgan fingerprint density at radius 3 is 2.60 bits per heavy atom. The largest absolute Gasteiger partial charge is 0.356 e. The van der Waals surface area contributed by atoms with Crippen LogP contribution in [0.15, 0.2) is 71.4 Å². The smallest absolute Gasteiger partial charge is 0.272 e. The first-order valence-electron chi connectivity index (χ1n) is 9.41. The SMILES string of the molecule is CN(C)C(=O)c1ncccc1CC(N)c1ccccc1-c1noc2ccccc12.Cl. The number of aromatic nitrogens is 2. The van der Waals surface area contributed by atoms with Crippen molar-refractivity contribution < 1.29 is 9.32 Å². The number of carbonyl (C=O) groups excluding carboxylic acids is 1. The van der Waals surface area contributed by atoms with Crippen LogP contribution in [0.3, 0.4) is 0 Å². The van der Waals surface area contributed by atoms with Crippen LogP contribution in [0.2, 0.25) is 0 Å². The summed E-state index contributed by atoms with van der Waals surface area (Å²) in [6.07, 6.45) is 2.11. The third-order valence-electron chi connectivity index (χ3n) is 4.93. The quantitative estimate of drug-likeness (QED) is 0.519. The van der Waals surface area contributed by atoms with E-state index in [1.807, 2.05) is 60.7 Å². The molecule has 7 heteroatoms. The van der Waals surface area contributed by atoms with Crippen LogP contribution in [0.1, 0.15) is 27.7 Å². The van der Waals surface area contributed by atoms with E-state index >= 15 is 0 Å². The molecular formula is C23H23ClN4O2. The first-order chi connectivity index (χ1) is 14.1. The molecule has 0 radical (unpaired) electrons. The van der Waals surface area contributed by atoms with E-state index in [9.17, 15) is 4.79 Å². The zero-order valence-electron chi connectivity index (χ0n) is 16.8. The van der Waals surface area contributed by atoms with E-state index in [0.717, 1.165) is 33.4 Å². The van der Waals surface area contributed by atoms with Gasteiger partial charge < -0.3 is 15.2 Å². The minimum atomic E-state index is -0.334. The fourth-order valence-corrected chi connectivity index (χ4v) is 3.47. The van der Waals surface area contributed by atoms with Gasteiger partial charge in [0.2, 0.25) is 0 Å². The number of pyridine rings is 1. The van der Waals surface area contributed by atoms with Gasteiger partial charge in [0.05, 0.1) is 0 Å². The monoisotopic (exact) mass is 422 g/mol. The fourth-order valence-electron chi connectivity index (χ4n) is 3.47. The van der Waals surface area contributed by atoms with Crippen LogP contribution < -0.4 is 5.73 Å². The lowest BCUT2D eigenvalue weighted by molar-refractivity contribution is 0.0820. The molecular weight excluding hydrogens is 400 g/mol. The van der Waals surface area contributed by atoms with Crippen molar-refractivity contribution >= 4 is 29.3 Å². The minimum Gasteiger partial charge on any atom is -0.356 e. The highest BCUT2D eigenvalue weighted by Crippen LogP contribution is 2.33. The van der Waals surface area contributed by atoms with E-state index in [4.69, 9.17) is 10.3 Å². The Hall–Kier alpha value is -3.22. The number of benzene rings is 2. The Balaban J connectivity index is 0.00000256. The summed E-state index contributed by atoms with van der Waals surface area (Å²) in [5.41, 5.74) is 11.2. The average molecular weight is 423 g/mol. The van der Waals surface area contributed by atoms with E-state index in [2.05, 4.69) is 10.1 Å². The predicted molar refractivity (Wildman–Crippen MR) is 120 cm³/mol. The zero-order valence-corrected chi connectivity index (χ0v) is 17.6. The standard InChI is InChI=1S/C23H22N4O2.ClH/c1-27(2)23(28)21-15(8-7-13-25-21)14-19(24)16-9-3-4-10-17(16)22-18-11-5-6-12-20(18)29-26-22;/h3-13,19H,14,24H2,1-2H3;1H. The van der Waals surface area contributed by atoms with E-state index in [-0.39, 0.29) is 24.4 Å². The highest BCUT2D eigenvalue weighted by molar-refractivity contribution is 5.94. The van der Waals surface area contributed by atoms with Crippen molar-refractivity contribution in [3.8, 4) is 11.3 Å². The molecule has 4 aromatic rings. The van der Waals surface area contributed by atoms with Gasteiger partial charge in [-0.15, -0.1) is 12.4 Å². The molecule has 1 amide bonds. The van der Waals surface area contributed by atoms with Crippen LogP contribution in [0.5, 0.6) is 0 Å². The molecule has 0 spiro atoms. The normalized spacial score (nSPS) is 11.7. The number of rotatable bonds is 5. The van der Waals surface area contributed by atoms with Gasteiger partial charge >= 0.3 is 0 Å². The van der Waals surface area contributed by atoms with Crippen LogP contribution in [-0.2, 0) is 6.42 Å². The van der Waals surface area contributed by atoms with Gasteiger partial charge in [-0.25, -0.2) is 0 Å². The summed E-state index contributed by atoms with van der Waals surface area (Å²) in [4.78, 5) is 18.3. The Kier molecular flexibility index (Phi) is 6.50. The molecule has 0 aliphatic carbocycles. The third-order valence-corrected chi connectivity index (χ3v) is 4.93. The first-order valence-corrected chi connectivity index (χ1v) is 9.41. The Labute approximate surface area is 181 Å². The maximum Gasteiger partial charge on any atom is 0.272 e. The molecule has 4 rings (SSSR count). The number of amides is 1. The van der Waals surface area contributed by atoms with Gasteiger partial charge in [0.1, 0.15) is 11.4 Å². The summed E-state index contributed by atoms with van der Waals surface area (Å²) < 4.78 is 5.48. The fraction of sp³-hybridized carbons (Fsp3) is 0.174. The van der Waals surface area contributed by atoms with E-state index in [0.29, 0.717) is 12.1 Å². The molecule has 6 nitrogen and oxygen atoms in total. The van der Waals surface area contributed by atoms with Crippen LogP contribution in [0, 0.1) is 0 Å². The molecule has 0 saturated carbocycles. The summed E-state index contributed by atoms with van der Waals surface area (Å²) >= 11 is 0. The number of hydrogen-bond acceptors (Lipinski definition) is 5. The van der Waals surface area contributed by atoms with Crippen molar-refractivity contribution in [2.45, 2.75) is 12.5 Å². The molecule has 2 aromatic heterocycles. The summed E-state index contributed by atoms with van der Waals surface area (Å²) in [5, 5.41) is 5.22. The van der Waals surface area contributed by atoms with Gasteiger partial charge in [-0.05, 0) is 35.7 Å². The van der Waals surface area contributed by atoms with Gasteiger partial charge in [0.25, 0.3) is 5.91 Å². The third kappa shape index (κ3) is 4.06. The van der Waals surface area contributed by atoms with Gasteiger partial charge in [-0.2, -0.15) is 0 Å². The summed E-state index contributed by atoms with van der Waals surface area (Å²) in [6.45, 7) is 0. The molecule has 30 heavy (non-hydrogen) atoms. The molecule has 2 N–H and O–H groups in total. The number of nitrogens with two attached hydrogens (primary N) is 1. The summed E-state index contributed by atoms with van der Waals surface area (Å²) in [7, 11) is 3.43. The molecule has 0 bridgehead atoms. The lowest BCUT2D eigenvalue weighted by Crippen LogP contribution is -2.25. The second-order valence-corrected chi connectivity index (χ2v) is 7.14. The molecule has 1 unspecified atom stereocenters. The average Bonchev–Trinajstić information content (AvgIpc) is 3.17. The van der Waals surface area contributed by atoms with Crippen molar-refractivity contribution in [2.24, 2.45) is 5.73 Å². The van der Waals surface area contributed by atoms with Gasteiger partial charge in [0, 0.05) is 37.3 Å². The van der Waals surface area contributed by atoms with Crippen LogP contribution >= 0.6 is 12.4 Å². The van der Waals surface area contributed by atoms with Crippen molar-refractivity contribution in [2.75, 3.05) is 14.1 Å². The van der Waals surface area contributed by atoms with Crippen molar-refractivity contribution in [1.82, 2.24) is 15.0 Å². The van der Waals surface area contributed by atoms with E-state index < -0.39 is 0 Å². The summed E-state index contributed by atoms with van der Waals surface area (Å²) in [5.74, 6) is -0.136. The number of hydrogen-bond donors (Lipinski definition) is 1. The first kappa shape index (κ1) is 21.5. The second kappa shape index (κ2) is 9.07. The Morgan fingerprint density at radius 2 is 1.80 bits per heavy atom. The topological polar surface area (TPSA) is 85.2 Å². The molecule has 154 valence electrons. The van der Waals surface area contributed by atoms with Crippen LogP contribution in [0.4, 0.5) is 0 Å². The van der Waals surface area contributed by atoms with E-state index in [1.165, 1.54) is 4.90 Å². The molecule has 0 fully saturated rings. The number of fused-ring (bicyclic) bond motifs is 1. The predicted octanol–water partition coefficient (Wildman–Crippen LogP) is 4.26. The maximum absolute atomic E-state index is 12.5. The molecule has 2 aromatic carbocycles. The number of nitrogens with zero attached hydrogens (tertiary/aromatic N) is 3. The molecule has 0 aliphatic heterocycles. The Bertz CT molecular complexity index is 1170. The molecule has 0 saturated heterocycles. The number of carbonyl (C=O) groups is 1. The lowest BCUT2D eigenvalue weighted by atomic mass is 9.92. The molecule has 0 aliphatic rings. The van der Waals surface area contributed by atoms with Gasteiger partial charge in [0.15, 0.2) is 5.58 Å². The number of para-hydroxylation sites is 1. The Morgan fingerprint density at radius 1 is 1.07 bits per heavy atom. The van der Waals surface area contributed by atoms with Crippen LogP contribution in [0.25, 0.3) is 22.2 Å². The van der Waals surface area contributed by atoms with Crippen molar-refractivity contribution in [3.05, 3.63) is 83.7 Å². The van der Waals surface area contributed by atoms with Gasteiger partial charge in [-0.3, -0.25) is 9.78 Å². The van der Waals surface area contributed by atoms with E-state index in [1.54, 1.807) is 20.3 Å².